The molecule has 0 bridgehead atoms. The van der Waals surface area contributed by atoms with Crippen molar-refractivity contribution >= 4 is 27.5 Å². The van der Waals surface area contributed by atoms with E-state index in [0.717, 1.165) is 35.0 Å². The Labute approximate surface area is 159 Å². The lowest BCUT2D eigenvalue weighted by Gasteiger charge is -2.10. The smallest absolute Gasteiger partial charge is 0.262 e. The van der Waals surface area contributed by atoms with Gasteiger partial charge in [-0.2, -0.15) is 0 Å². The summed E-state index contributed by atoms with van der Waals surface area (Å²) in [5, 5.41) is 3.49. The highest BCUT2D eigenvalue weighted by atomic mass is 32.1. The van der Waals surface area contributed by atoms with E-state index in [0.29, 0.717) is 5.56 Å². The van der Waals surface area contributed by atoms with Gasteiger partial charge in [-0.15, -0.1) is 11.3 Å². The molecule has 1 aliphatic carbocycles. The van der Waals surface area contributed by atoms with Crippen molar-refractivity contribution in [3.63, 3.8) is 0 Å². The van der Waals surface area contributed by atoms with Crippen LogP contribution in [0.25, 0.3) is 10.2 Å². The van der Waals surface area contributed by atoms with Gasteiger partial charge in [0.15, 0.2) is 0 Å². The van der Waals surface area contributed by atoms with E-state index in [-0.39, 0.29) is 36.8 Å². The van der Waals surface area contributed by atoms with Crippen LogP contribution in [0, 0.1) is 5.82 Å². The van der Waals surface area contributed by atoms with Gasteiger partial charge in [0, 0.05) is 24.4 Å². The predicted molar refractivity (Wildman–Crippen MR) is 103 cm³/mol. The lowest BCUT2D eigenvalue weighted by molar-refractivity contribution is -0.121. The van der Waals surface area contributed by atoms with Crippen molar-refractivity contribution in [1.29, 1.82) is 0 Å². The van der Waals surface area contributed by atoms with Crippen LogP contribution >= 0.6 is 11.3 Å². The Kier molecular flexibility index (Phi) is 5.03. The number of nitrogens with one attached hydrogen (secondary N) is 1. The molecule has 27 heavy (non-hydrogen) atoms. The average molecular weight is 385 g/mol. The summed E-state index contributed by atoms with van der Waals surface area (Å²) in [5.41, 5.74) is 1.80. The minimum atomic E-state index is -0.327. The maximum atomic E-state index is 13.2. The summed E-state index contributed by atoms with van der Waals surface area (Å²) in [5.74, 6) is -0.509. The van der Waals surface area contributed by atoms with Crippen molar-refractivity contribution in [2.24, 2.45) is 0 Å². The summed E-state index contributed by atoms with van der Waals surface area (Å²) >= 11 is 1.62. The Hall–Kier alpha value is -2.54. The Morgan fingerprint density at radius 2 is 2.15 bits per heavy atom. The van der Waals surface area contributed by atoms with Crippen LogP contribution in [0.4, 0.5) is 4.39 Å². The fourth-order valence-electron chi connectivity index (χ4n) is 3.50. The van der Waals surface area contributed by atoms with E-state index in [4.69, 9.17) is 0 Å². The van der Waals surface area contributed by atoms with Gasteiger partial charge < -0.3 is 5.32 Å². The number of hydrogen-bond donors (Lipinski definition) is 1. The molecule has 1 amide bonds. The van der Waals surface area contributed by atoms with Crippen molar-refractivity contribution in [2.45, 2.75) is 45.2 Å². The summed E-state index contributed by atoms with van der Waals surface area (Å²) in [6, 6.07) is 6.12. The Bertz CT molecular complexity index is 1060. The molecule has 2 aromatic heterocycles. The molecule has 0 saturated heterocycles. The molecular formula is C20H20FN3O2S. The summed E-state index contributed by atoms with van der Waals surface area (Å²) < 4.78 is 14.7. The van der Waals surface area contributed by atoms with Gasteiger partial charge in [-0.05, 0) is 48.9 Å². The molecular weight excluding hydrogens is 365 g/mol. The third kappa shape index (κ3) is 3.78. The Morgan fingerprint density at radius 3 is 3.00 bits per heavy atom. The molecule has 7 heteroatoms. The summed E-state index contributed by atoms with van der Waals surface area (Å²) in [6.45, 7) is 0.544. The number of amides is 1. The molecule has 0 aliphatic heterocycles. The lowest BCUT2D eigenvalue weighted by Crippen LogP contribution is -2.27. The van der Waals surface area contributed by atoms with Crippen LogP contribution in [0.1, 0.15) is 35.3 Å². The van der Waals surface area contributed by atoms with Gasteiger partial charge in [0.05, 0.1) is 11.7 Å². The molecule has 0 fully saturated rings. The molecule has 5 nitrogen and oxygen atoms in total. The van der Waals surface area contributed by atoms with Crippen LogP contribution < -0.4 is 10.9 Å². The molecule has 140 valence electrons. The van der Waals surface area contributed by atoms with E-state index < -0.39 is 0 Å². The average Bonchev–Trinajstić information content (AvgIpc) is 3.05. The SMILES string of the molecule is O=C(CCn1cnc2sc3c(c2c1=O)CCCC3)NCc1cccc(F)c1. The number of aromatic nitrogens is 2. The fourth-order valence-corrected chi connectivity index (χ4v) is 4.72. The van der Waals surface area contributed by atoms with E-state index in [2.05, 4.69) is 10.3 Å². The van der Waals surface area contributed by atoms with Crippen LogP contribution in [0.2, 0.25) is 0 Å². The summed E-state index contributed by atoms with van der Waals surface area (Å²) in [7, 11) is 0. The van der Waals surface area contributed by atoms with E-state index >= 15 is 0 Å². The van der Waals surface area contributed by atoms with E-state index in [1.807, 2.05) is 0 Å². The zero-order valence-electron chi connectivity index (χ0n) is 14.8. The number of benzene rings is 1. The van der Waals surface area contributed by atoms with Gasteiger partial charge in [0.1, 0.15) is 10.6 Å². The molecule has 0 spiro atoms. The first-order valence-electron chi connectivity index (χ1n) is 9.12. The highest BCUT2D eigenvalue weighted by Gasteiger charge is 2.20. The quantitative estimate of drug-likeness (QED) is 0.734. The second-order valence-corrected chi connectivity index (χ2v) is 7.87. The van der Waals surface area contributed by atoms with Crippen molar-refractivity contribution in [1.82, 2.24) is 14.9 Å². The van der Waals surface area contributed by atoms with Crippen molar-refractivity contribution in [2.75, 3.05) is 0 Å². The minimum absolute atomic E-state index is 0.0580. The predicted octanol–water partition coefficient (Wildman–Crippen LogP) is 3.18. The molecule has 0 atom stereocenters. The monoisotopic (exact) mass is 385 g/mol. The molecule has 0 radical (unpaired) electrons. The van der Waals surface area contributed by atoms with E-state index in [1.165, 1.54) is 34.3 Å². The van der Waals surface area contributed by atoms with Crippen LogP contribution in [0.3, 0.4) is 0 Å². The van der Waals surface area contributed by atoms with E-state index in [9.17, 15) is 14.0 Å². The van der Waals surface area contributed by atoms with Crippen molar-refractivity contribution < 1.29 is 9.18 Å². The minimum Gasteiger partial charge on any atom is -0.352 e. The van der Waals surface area contributed by atoms with Crippen molar-refractivity contribution in [3.05, 3.63) is 62.8 Å². The second kappa shape index (κ2) is 7.60. The largest absolute Gasteiger partial charge is 0.352 e. The number of aryl methyl sites for hydroxylation is 3. The zero-order chi connectivity index (χ0) is 18.8. The number of halogens is 1. The Morgan fingerprint density at radius 1 is 1.30 bits per heavy atom. The number of carbonyl (C=O) groups excluding carboxylic acids is 1. The third-order valence-electron chi connectivity index (χ3n) is 4.90. The van der Waals surface area contributed by atoms with Crippen molar-refractivity contribution in [3.8, 4) is 0 Å². The number of carbonyl (C=O) groups is 1. The van der Waals surface area contributed by atoms with Gasteiger partial charge in [0.25, 0.3) is 5.56 Å². The maximum Gasteiger partial charge on any atom is 0.262 e. The normalized spacial score (nSPS) is 13.5. The van der Waals surface area contributed by atoms with E-state index in [1.54, 1.807) is 23.5 Å². The highest BCUT2D eigenvalue weighted by Crippen LogP contribution is 2.33. The molecule has 2 heterocycles. The number of hydrogen-bond acceptors (Lipinski definition) is 4. The fraction of sp³-hybridized carbons (Fsp3) is 0.350. The molecule has 1 aromatic carbocycles. The summed E-state index contributed by atoms with van der Waals surface area (Å²) in [4.78, 5) is 31.5. The lowest BCUT2D eigenvalue weighted by atomic mass is 9.97. The molecule has 0 unspecified atom stereocenters. The number of rotatable bonds is 5. The van der Waals surface area contributed by atoms with Gasteiger partial charge in [-0.25, -0.2) is 9.37 Å². The van der Waals surface area contributed by atoms with Gasteiger partial charge in [-0.3, -0.25) is 14.2 Å². The topological polar surface area (TPSA) is 64.0 Å². The van der Waals surface area contributed by atoms with Gasteiger partial charge in [-0.1, -0.05) is 12.1 Å². The first-order chi connectivity index (χ1) is 13.1. The molecule has 1 N–H and O–H groups in total. The molecule has 0 saturated carbocycles. The first kappa shape index (κ1) is 17.9. The van der Waals surface area contributed by atoms with Gasteiger partial charge >= 0.3 is 0 Å². The van der Waals surface area contributed by atoms with Crippen LogP contribution in [0.15, 0.2) is 35.4 Å². The Balaban J connectivity index is 1.43. The number of thiophene rings is 1. The number of fused-ring (bicyclic) bond motifs is 3. The number of nitrogens with zero attached hydrogens (tertiary/aromatic N) is 2. The second-order valence-electron chi connectivity index (χ2n) is 6.79. The molecule has 4 rings (SSSR count). The van der Waals surface area contributed by atoms with Crippen LogP contribution in [-0.2, 0) is 30.7 Å². The van der Waals surface area contributed by atoms with Crippen LogP contribution in [-0.4, -0.2) is 15.5 Å². The maximum absolute atomic E-state index is 13.2. The molecule has 3 aromatic rings. The highest BCUT2D eigenvalue weighted by molar-refractivity contribution is 7.18. The zero-order valence-corrected chi connectivity index (χ0v) is 15.7. The van der Waals surface area contributed by atoms with Crippen LogP contribution in [0.5, 0.6) is 0 Å². The van der Waals surface area contributed by atoms with Gasteiger partial charge in [0.2, 0.25) is 5.91 Å². The standard InChI is InChI=1S/C20H20FN3O2S/c21-14-5-3-4-13(10-14)11-22-17(25)8-9-24-12-23-19-18(20(24)26)15-6-1-2-7-16(15)27-19/h3-5,10,12H,1-2,6-9,11H2,(H,22,25). The molecule has 1 aliphatic rings. The summed E-state index contributed by atoms with van der Waals surface area (Å²) in [6.07, 6.45) is 5.94. The first-order valence-corrected chi connectivity index (χ1v) is 9.94. The third-order valence-corrected chi connectivity index (χ3v) is 6.10.